The summed E-state index contributed by atoms with van der Waals surface area (Å²) in [5.74, 6) is -0.448. The molecule has 0 radical (unpaired) electrons. The molecule has 0 spiro atoms. The summed E-state index contributed by atoms with van der Waals surface area (Å²) in [4.78, 5) is 15.2. The fraction of sp³-hybridized carbons (Fsp3) is 0.538. The number of carbonyl (C=O) groups excluding carboxylic acids is 1. The standard InChI is InChI=1S/C13H17F2NO3/c1-13(2,3)19-11(17)7-5-9-4-6-10(16-8-9)18-12(14)15/h4,6,8,12H,5,7H2,1-3H3. The number of halogens is 2. The van der Waals surface area contributed by atoms with Gasteiger partial charge in [-0.3, -0.25) is 4.79 Å². The van der Waals surface area contributed by atoms with Gasteiger partial charge in [0.1, 0.15) is 5.60 Å². The zero-order chi connectivity index (χ0) is 14.5. The van der Waals surface area contributed by atoms with Crippen LogP contribution < -0.4 is 4.74 Å². The van der Waals surface area contributed by atoms with Gasteiger partial charge in [-0.25, -0.2) is 4.98 Å². The van der Waals surface area contributed by atoms with Crippen molar-refractivity contribution in [2.24, 2.45) is 0 Å². The van der Waals surface area contributed by atoms with Crippen LogP contribution >= 0.6 is 0 Å². The third-order valence-corrected chi connectivity index (χ3v) is 2.05. The van der Waals surface area contributed by atoms with Crippen LogP contribution in [0.5, 0.6) is 5.88 Å². The smallest absolute Gasteiger partial charge is 0.388 e. The molecule has 1 heterocycles. The highest BCUT2D eigenvalue weighted by molar-refractivity contribution is 5.70. The summed E-state index contributed by atoms with van der Waals surface area (Å²) >= 11 is 0. The first-order valence-electron chi connectivity index (χ1n) is 5.88. The first-order valence-corrected chi connectivity index (χ1v) is 5.88. The Morgan fingerprint density at radius 2 is 2.05 bits per heavy atom. The maximum absolute atomic E-state index is 11.9. The molecule has 0 saturated heterocycles. The molecule has 1 aromatic rings. The minimum atomic E-state index is -2.89. The highest BCUT2D eigenvalue weighted by Gasteiger charge is 2.16. The third kappa shape index (κ3) is 6.69. The van der Waals surface area contributed by atoms with E-state index in [-0.39, 0.29) is 18.3 Å². The van der Waals surface area contributed by atoms with Crippen molar-refractivity contribution in [3.63, 3.8) is 0 Å². The van der Waals surface area contributed by atoms with E-state index >= 15 is 0 Å². The van der Waals surface area contributed by atoms with Crippen LogP contribution in [0.2, 0.25) is 0 Å². The molecular weight excluding hydrogens is 256 g/mol. The molecule has 106 valence electrons. The summed E-state index contributed by atoms with van der Waals surface area (Å²) in [6, 6.07) is 2.94. The molecule has 0 saturated carbocycles. The van der Waals surface area contributed by atoms with Crippen molar-refractivity contribution in [1.82, 2.24) is 4.98 Å². The molecule has 1 rings (SSSR count). The van der Waals surface area contributed by atoms with E-state index in [0.29, 0.717) is 6.42 Å². The molecule has 1 aromatic heterocycles. The Hall–Kier alpha value is -1.72. The average molecular weight is 273 g/mol. The van der Waals surface area contributed by atoms with E-state index in [9.17, 15) is 13.6 Å². The molecule has 0 fully saturated rings. The maximum atomic E-state index is 11.9. The quantitative estimate of drug-likeness (QED) is 0.774. The average Bonchev–Trinajstić information content (AvgIpc) is 2.25. The molecule has 19 heavy (non-hydrogen) atoms. The van der Waals surface area contributed by atoms with Crippen molar-refractivity contribution in [2.45, 2.75) is 45.8 Å². The summed E-state index contributed by atoms with van der Waals surface area (Å²) in [5, 5.41) is 0. The van der Waals surface area contributed by atoms with E-state index in [1.54, 1.807) is 26.8 Å². The normalized spacial score (nSPS) is 11.5. The van der Waals surface area contributed by atoms with Crippen LogP contribution in [0.15, 0.2) is 18.3 Å². The minimum absolute atomic E-state index is 0.143. The lowest BCUT2D eigenvalue weighted by Gasteiger charge is -2.19. The Kier molecular flexibility index (Phi) is 5.20. The summed E-state index contributed by atoms with van der Waals surface area (Å²) < 4.78 is 33.1. The largest absolute Gasteiger partial charge is 0.460 e. The molecule has 0 amide bonds. The van der Waals surface area contributed by atoms with Gasteiger partial charge in [0.25, 0.3) is 0 Å². The van der Waals surface area contributed by atoms with Crippen LogP contribution in [-0.4, -0.2) is 23.2 Å². The minimum Gasteiger partial charge on any atom is -0.460 e. The van der Waals surface area contributed by atoms with E-state index in [4.69, 9.17) is 4.74 Å². The van der Waals surface area contributed by atoms with Gasteiger partial charge in [0.2, 0.25) is 5.88 Å². The van der Waals surface area contributed by atoms with Crippen LogP contribution in [0.3, 0.4) is 0 Å². The van der Waals surface area contributed by atoms with Crippen molar-refractivity contribution >= 4 is 5.97 Å². The van der Waals surface area contributed by atoms with E-state index in [0.717, 1.165) is 5.56 Å². The van der Waals surface area contributed by atoms with Crippen LogP contribution in [0.25, 0.3) is 0 Å². The lowest BCUT2D eigenvalue weighted by molar-refractivity contribution is -0.154. The summed E-state index contributed by atoms with van der Waals surface area (Å²) in [5.41, 5.74) is 0.247. The molecule has 0 aromatic carbocycles. The highest BCUT2D eigenvalue weighted by Crippen LogP contribution is 2.13. The van der Waals surface area contributed by atoms with Crippen molar-refractivity contribution in [2.75, 3.05) is 0 Å². The van der Waals surface area contributed by atoms with Gasteiger partial charge in [-0.1, -0.05) is 6.07 Å². The van der Waals surface area contributed by atoms with Gasteiger partial charge in [0.15, 0.2) is 0 Å². The lowest BCUT2D eigenvalue weighted by Crippen LogP contribution is -2.24. The van der Waals surface area contributed by atoms with Crippen LogP contribution in [0.4, 0.5) is 8.78 Å². The number of esters is 1. The number of pyridine rings is 1. The summed E-state index contributed by atoms with van der Waals surface area (Å²) in [7, 11) is 0. The number of aromatic nitrogens is 1. The van der Waals surface area contributed by atoms with Crippen molar-refractivity contribution in [1.29, 1.82) is 0 Å². The SMILES string of the molecule is CC(C)(C)OC(=O)CCc1ccc(OC(F)F)nc1. The van der Waals surface area contributed by atoms with Gasteiger partial charge in [-0.15, -0.1) is 0 Å². The number of carbonyl (C=O) groups is 1. The number of ether oxygens (including phenoxy) is 2. The first-order chi connectivity index (χ1) is 8.76. The topological polar surface area (TPSA) is 48.4 Å². The molecule has 0 bridgehead atoms. The Balaban J connectivity index is 2.44. The zero-order valence-electron chi connectivity index (χ0n) is 11.2. The molecule has 0 atom stereocenters. The molecule has 0 unspecified atom stereocenters. The van der Waals surface area contributed by atoms with Crippen LogP contribution in [0.1, 0.15) is 32.8 Å². The van der Waals surface area contributed by atoms with Crippen LogP contribution in [0, 0.1) is 0 Å². The van der Waals surface area contributed by atoms with E-state index in [1.807, 2.05) is 0 Å². The van der Waals surface area contributed by atoms with E-state index in [1.165, 1.54) is 12.3 Å². The number of rotatable bonds is 5. The van der Waals surface area contributed by atoms with Gasteiger partial charge < -0.3 is 9.47 Å². The fourth-order valence-corrected chi connectivity index (χ4v) is 1.36. The van der Waals surface area contributed by atoms with Crippen molar-refractivity contribution in [3.8, 4) is 5.88 Å². The van der Waals surface area contributed by atoms with Gasteiger partial charge in [-0.05, 0) is 32.8 Å². The number of hydrogen-bond donors (Lipinski definition) is 0. The number of aryl methyl sites for hydroxylation is 1. The predicted molar refractivity (Wildman–Crippen MR) is 65.0 cm³/mol. The van der Waals surface area contributed by atoms with Gasteiger partial charge in [0, 0.05) is 18.7 Å². The number of nitrogens with zero attached hydrogens (tertiary/aromatic N) is 1. The Bertz CT molecular complexity index is 413. The Morgan fingerprint density at radius 3 is 2.53 bits per heavy atom. The van der Waals surface area contributed by atoms with Crippen molar-refractivity contribution in [3.05, 3.63) is 23.9 Å². The third-order valence-electron chi connectivity index (χ3n) is 2.05. The van der Waals surface area contributed by atoms with Crippen molar-refractivity contribution < 1.29 is 23.0 Å². The maximum Gasteiger partial charge on any atom is 0.388 e. The van der Waals surface area contributed by atoms with Gasteiger partial charge in [-0.2, -0.15) is 8.78 Å². The number of alkyl halides is 2. The number of hydrogen-bond acceptors (Lipinski definition) is 4. The Labute approximate surface area is 110 Å². The van der Waals surface area contributed by atoms with Gasteiger partial charge in [0.05, 0.1) is 0 Å². The first kappa shape index (κ1) is 15.3. The molecule has 0 N–H and O–H groups in total. The molecule has 0 aliphatic rings. The lowest BCUT2D eigenvalue weighted by atomic mass is 10.1. The summed E-state index contributed by atoms with van der Waals surface area (Å²) in [6.45, 7) is 2.49. The van der Waals surface area contributed by atoms with E-state index in [2.05, 4.69) is 9.72 Å². The molecule has 4 nitrogen and oxygen atoms in total. The second kappa shape index (κ2) is 6.45. The predicted octanol–water partition coefficient (Wildman–Crippen LogP) is 2.96. The second-order valence-electron chi connectivity index (χ2n) is 4.97. The zero-order valence-corrected chi connectivity index (χ0v) is 11.2. The Morgan fingerprint density at radius 1 is 1.37 bits per heavy atom. The second-order valence-corrected chi connectivity index (χ2v) is 4.97. The summed E-state index contributed by atoms with van der Waals surface area (Å²) in [6.07, 6.45) is 2.06. The fourth-order valence-electron chi connectivity index (χ4n) is 1.36. The molecule has 6 heteroatoms. The monoisotopic (exact) mass is 273 g/mol. The van der Waals surface area contributed by atoms with Gasteiger partial charge >= 0.3 is 12.6 Å². The molecule has 0 aliphatic carbocycles. The van der Waals surface area contributed by atoms with Crippen LogP contribution in [-0.2, 0) is 16.0 Å². The van der Waals surface area contributed by atoms with E-state index < -0.39 is 12.2 Å². The highest BCUT2D eigenvalue weighted by atomic mass is 19.3. The molecular formula is C13H17F2NO3. The molecule has 0 aliphatic heterocycles.